The van der Waals surface area contributed by atoms with E-state index in [4.69, 9.17) is 10.5 Å². The number of hydrogen-bond donors (Lipinski definition) is 2. The van der Waals surface area contributed by atoms with Crippen molar-refractivity contribution in [1.82, 2.24) is 5.32 Å². The molecule has 4 nitrogen and oxygen atoms in total. The minimum Gasteiger partial charge on any atom is -0.382 e. The van der Waals surface area contributed by atoms with Crippen LogP contribution in [0.5, 0.6) is 0 Å². The number of nitrogens with one attached hydrogen (secondary N) is 1. The number of nitrogens with two attached hydrogens (primary N) is 1. The van der Waals surface area contributed by atoms with E-state index in [0.29, 0.717) is 0 Å². The molecule has 0 aromatic carbocycles. The first-order valence-electron chi connectivity index (χ1n) is 7.62. The summed E-state index contributed by atoms with van der Waals surface area (Å²) in [5.74, 6) is -0.0389. The van der Waals surface area contributed by atoms with Crippen molar-refractivity contribution in [2.75, 3.05) is 19.8 Å². The molecule has 1 rings (SSSR count). The average molecular weight is 270 g/mol. The van der Waals surface area contributed by atoms with Crippen LogP contribution in [0.1, 0.15) is 52.9 Å². The minimum atomic E-state index is -0.120. The van der Waals surface area contributed by atoms with Crippen molar-refractivity contribution in [3.8, 4) is 0 Å². The largest absolute Gasteiger partial charge is 0.382 e. The summed E-state index contributed by atoms with van der Waals surface area (Å²) in [6, 6.07) is -0.0945. The highest BCUT2D eigenvalue weighted by Gasteiger charge is 2.34. The second kappa shape index (κ2) is 7.85. The predicted molar refractivity (Wildman–Crippen MR) is 77.8 cm³/mol. The van der Waals surface area contributed by atoms with Crippen LogP contribution in [0, 0.1) is 11.3 Å². The summed E-state index contributed by atoms with van der Waals surface area (Å²) in [5, 5.41) is 3.10. The zero-order chi connectivity index (χ0) is 14.3. The van der Waals surface area contributed by atoms with E-state index in [2.05, 4.69) is 5.32 Å². The maximum Gasteiger partial charge on any atom is 0.224 e. The predicted octanol–water partition coefficient (Wildman–Crippen LogP) is 2.07. The van der Waals surface area contributed by atoms with Crippen LogP contribution in [0.15, 0.2) is 0 Å². The van der Waals surface area contributed by atoms with Gasteiger partial charge >= 0.3 is 0 Å². The Labute approximate surface area is 117 Å². The fourth-order valence-electron chi connectivity index (χ4n) is 2.75. The van der Waals surface area contributed by atoms with Gasteiger partial charge in [0.2, 0.25) is 5.91 Å². The summed E-state index contributed by atoms with van der Waals surface area (Å²) in [6.07, 6.45) is 5.99. The molecular weight excluding hydrogens is 240 g/mol. The number of carbonyl (C=O) groups is 1. The molecule has 1 aliphatic carbocycles. The van der Waals surface area contributed by atoms with E-state index in [-0.39, 0.29) is 23.3 Å². The zero-order valence-corrected chi connectivity index (χ0v) is 12.7. The molecule has 19 heavy (non-hydrogen) atoms. The summed E-state index contributed by atoms with van der Waals surface area (Å²) in [4.78, 5) is 12.0. The van der Waals surface area contributed by atoms with Crippen LogP contribution < -0.4 is 11.1 Å². The fourth-order valence-corrected chi connectivity index (χ4v) is 2.75. The van der Waals surface area contributed by atoms with Gasteiger partial charge < -0.3 is 15.8 Å². The molecule has 0 radical (unpaired) electrons. The molecule has 0 saturated heterocycles. The summed E-state index contributed by atoms with van der Waals surface area (Å²) >= 11 is 0. The van der Waals surface area contributed by atoms with Crippen molar-refractivity contribution in [2.24, 2.45) is 17.1 Å². The smallest absolute Gasteiger partial charge is 0.224 e. The number of hydrogen-bond acceptors (Lipinski definition) is 3. The SMILES string of the molecule is CCOCCC1(CNC(=O)C(C)C(C)N)CCCC1. The lowest BCUT2D eigenvalue weighted by Crippen LogP contribution is -2.43. The first-order valence-corrected chi connectivity index (χ1v) is 7.62. The van der Waals surface area contributed by atoms with E-state index in [1.54, 1.807) is 0 Å². The summed E-state index contributed by atoms with van der Waals surface area (Å²) in [6.45, 7) is 8.13. The van der Waals surface area contributed by atoms with Gasteiger partial charge in [0.05, 0.1) is 0 Å². The normalized spacial score (nSPS) is 21.1. The van der Waals surface area contributed by atoms with Gasteiger partial charge in [-0.3, -0.25) is 4.79 Å². The third kappa shape index (κ3) is 5.11. The Bertz CT molecular complexity index is 273. The van der Waals surface area contributed by atoms with Gasteiger partial charge in [-0.2, -0.15) is 0 Å². The van der Waals surface area contributed by atoms with Gasteiger partial charge in [0, 0.05) is 31.7 Å². The molecule has 0 aromatic rings. The third-order valence-corrected chi connectivity index (χ3v) is 4.48. The van der Waals surface area contributed by atoms with Gasteiger partial charge in [0.1, 0.15) is 0 Å². The van der Waals surface area contributed by atoms with Crippen molar-refractivity contribution in [2.45, 2.75) is 58.9 Å². The van der Waals surface area contributed by atoms with Crippen molar-refractivity contribution >= 4 is 5.91 Å². The second-order valence-electron chi connectivity index (χ2n) is 6.02. The standard InChI is InChI=1S/C15H30N2O2/c1-4-19-10-9-15(7-5-6-8-15)11-17-14(18)12(2)13(3)16/h12-13H,4-11,16H2,1-3H3,(H,17,18). The first-order chi connectivity index (χ1) is 9.01. The maximum atomic E-state index is 12.0. The summed E-state index contributed by atoms with van der Waals surface area (Å²) in [7, 11) is 0. The van der Waals surface area contributed by atoms with Crippen molar-refractivity contribution in [1.29, 1.82) is 0 Å². The number of carbonyl (C=O) groups excluding carboxylic acids is 1. The third-order valence-electron chi connectivity index (χ3n) is 4.48. The molecule has 4 heteroatoms. The zero-order valence-electron chi connectivity index (χ0n) is 12.7. The second-order valence-corrected chi connectivity index (χ2v) is 6.02. The average Bonchev–Trinajstić information content (AvgIpc) is 2.84. The summed E-state index contributed by atoms with van der Waals surface area (Å²) in [5.41, 5.74) is 6.02. The Balaban J connectivity index is 2.43. The van der Waals surface area contributed by atoms with Crippen LogP contribution in [-0.2, 0) is 9.53 Å². The molecule has 3 N–H and O–H groups in total. The fraction of sp³-hybridized carbons (Fsp3) is 0.933. The molecular formula is C15H30N2O2. The molecule has 112 valence electrons. The van der Waals surface area contributed by atoms with E-state index >= 15 is 0 Å². The lowest BCUT2D eigenvalue weighted by atomic mass is 9.82. The molecule has 1 amide bonds. The van der Waals surface area contributed by atoms with Crippen molar-refractivity contribution in [3.63, 3.8) is 0 Å². The molecule has 1 saturated carbocycles. The van der Waals surface area contributed by atoms with E-state index in [0.717, 1.165) is 26.2 Å². The lowest BCUT2D eigenvalue weighted by molar-refractivity contribution is -0.125. The van der Waals surface area contributed by atoms with Crippen LogP contribution in [0.3, 0.4) is 0 Å². The molecule has 1 fully saturated rings. The highest BCUT2D eigenvalue weighted by atomic mass is 16.5. The quantitative estimate of drug-likeness (QED) is 0.664. The van der Waals surface area contributed by atoms with Crippen LogP contribution in [0.25, 0.3) is 0 Å². The molecule has 2 unspecified atom stereocenters. The summed E-state index contributed by atoms with van der Waals surface area (Å²) < 4.78 is 5.48. The van der Waals surface area contributed by atoms with Gasteiger partial charge in [-0.25, -0.2) is 0 Å². The molecule has 0 spiro atoms. The van der Waals surface area contributed by atoms with Gasteiger partial charge in [-0.05, 0) is 38.5 Å². The lowest BCUT2D eigenvalue weighted by Gasteiger charge is -2.30. The first kappa shape index (κ1) is 16.4. The van der Waals surface area contributed by atoms with Gasteiger partial charge in [-0.15, -0.1) is 0 Å². The van der Waals surface area contributed by atoms with Gasteiger partial charge in [-0.1, -0.05) is 19.8 Å². The van der Waals surface area contributed by atoms with Crippen LogP contribution >= 0.6 is 0 Å². The van der Waals surface area contributed by atoms with Crippen LogP contribution in [0.4, 0.5) is 0 Å². The molecule has 0 bridgehead atoms. The minimum absolute atomic E-state index is 0.0812. The Morgan fingerprint density at radius 2 is 2.00 bits per heavy atom. The Hall–Kier alpha value is -0.610. The van der Waals surface area contributed by atoms with E-state index < -0.39 is 0 Å². The number of rotatable bonds is 8. The van der Waals surface area contributed by atoms with Crippen molar-refractivity contribution < 1.29 is 9.53 Å². The molecule has 2 atom stereocenters. The van der Waals surface area contributed by atoms with E-state index in [9.17, 15) is 4.79 Å². The number of amides is 1. The Morgan fingerprint density at radius 1 is 1.37 bits per heavy atom. The number of ether oxygens (including phenoxy) is 1. The molecule has 0 aromatic heterocycles. The van der Waals surface area contributed by atoms with Crippen LogP contribution in [0.2, 0.25) is 0 Å². The Morgan fingerprint density at radius 3 is 2.53 bits per heavy atom. The van der Waals surface area contributed by atoms with Crippen LogP contribution in [-0.4, -0.2) is 31.7 Å². The Kier molecular flexibility index (Phi) is 6.80. The van der Waals surface area contributed by atoms with E-state index in [1.807, 2.05) is 20.8 Å². The molecule has 0 aliphatic heterocycles. The van der Waals surface area contributed by atoms with E-state index in [1.165, 1.54) is 25.7 Å². The monoisotopic (exact) mass is 270 g/mol. The van der Waals surface area contributed by atoms with Gasteiger partial charge in [0.25, 0.3) is 0 Å². The highest BCUT2D eigenvalue weighted by Crippen LogP contribution is 2.40. The topological polar surface area (TPSA) is 64.3 Å². The van der Waals surface area contributed by atoms with Crippen molar-refractivity contribution in [3.05, 3.63) is 0 Å². The molecule has 1 aliphatic rings. The maximum absolute atomic E-state index is 12.0. The van der Waals surface area contributed by atoms with Gasteiger partial charge in [0.15, 0.2) is 0 Å². The molecule has 0 heterocycles. The highest BCUT2D eigenvalue weighted by molar-refractivity contribution is 5.78.